The second-order valence-corrected chi connectivity index (χ2v) is 8.90. The van der Waals surface area contributed by atoms with Crippen LogP contribution in [0.1, 0.15) is 39.5 Å². The van der Waals surface area contributed by atoms with E-state index in [0.29, 0.717) is 25.9 Å². The molecule has 2 atom stereocenters. The molecule has 42 heavy (non-hydrogen) atoms. The zero-order valence-corrected chi connectivity index (χ0v) is 24.5. The van der Waals surface area contributed by atoms with Gasteiger partial charge in [0.15, 0.2) is 12.2 Å². The van der Waals surface area contributed by atoms with Gasteiger partial charge < -0.3 is 29.6 Å². The summed E-state index contributed by atoms with van der Waals surface area (Å²) in [5, 5.41) is 5.23. The second-order valence-electron chi connectivity index (χ2n) is 8.90. The van der Waals surface area contributed by atoms with Crippen LogP contribution in [-0.2, 0) is 48.1 Å². The number of hydrogen-bond acceptors (Lipinski definition) is 12. The third kappa shape index (κ3) is 23.0. The molecular formula is C28H44N2O12. The van der Waals surface area contributed by atoms with Crippen LogP contribution in [0.5, 0.6) is 0 Å². The van der Waals surface area contributed by atoms with Crippen molar-refractivity contribution in [2.75, 3.05) is 52.7 Å². The van der Waals surface area contributed by atoms with Crippen LogP contribution >= 0.6 is 0 Å². The SMILES string of the molecule is C=CCOOCC(COOCC(=C)C)OC(=O)NCCCCCCNC(=O)OC(COC(=O)C=C)COC(=O)C(=C)C. The second kappa shape index (κ2) is 25.0. The highest BCUT2D eigenvalue weighted by Crippen LogP contribution is 2.03. The maximum absolute atomic E-state index is 12.1. The van der Waals surface area contributed by atoms with Crippen LogP contribution in [0.4, 0.5) is 9.59 Å². The number of nitrogens with one attached hydrogen (secondary N) is 2. The van der Waals surface area contributed by atoms with Gasteiger partial charge in [-0.2, -0.15) is 0 Å². The normalized spacial score (nSPS) is 11.8. The Labute approximate surface area is 246 Å². The number of carbonyl (C=O) groups is 4. The molecule has 0 bridgehead atoms. The van der Waals surface area contributed by atoms with Crippen LogP contribution in [-0.4, -0.2) is 89.1 Å². The highest BCUT2D eigenvalue weighted by atomic mass is 17.2. The van der Waals surface area contributed by atoms with E-state index in [1.165, 1.54) is 13.0 Å². The van der Waals surface area contributed by atoms with Gasteiger partial charge in [0, 0.05) is 24.7 Å². The minimum Gasteiger partial charge on any atom is -0.458 e. The molecule has 0 aromatic rings. The number of esters is 2. The minimum atomic E-state index is -1.01. The van der Waals surface area contributed by atoms with Gasteiger partial charge in [0.2, 0.25) is 0 Å². The fourth-order valence-electron chi connectivity index (χ4n) is 2.62. The van der Waals surface area contributed by atoms with Crippen molar-refractivity contribution in [3.8, 4) is 0 Å². The van der Waals surface area contributed by atoms with Crippen LogP contribution in [0.15, 0.2) is 49.6 Å². The minimum absolute atomic E-state index is 0.0755. The molecule has 238 valence electrons. The van der Waals surface area contributed by atoms with E-state index in [2.05, 4.69) is 36.9 Å². The largest absolute Gasteiger partial charge is 0.458 e. The van der Waals surface area contributed by atoms with Crippen molar-refractivity contribution in [2.24, 2.45) is 0 Å². The Morgan fingerprint density at radius 3 is 1.74 bits per heavy atom. The van der Waals surface area contributed by atoms with Gasteiger partial charge in [-0.3, -0.25) is 0 Å². The Bertz CT molecular complexity index is 877. The molecule has 0 aromatic heterocycles. The summed E-state index contributed by atoms with van der Waals surface area (Å²) in [5.74, 6) is -1.37. The van der Waals surface area contributed by atoms with E-state index in [1.807, 2.05) is 0 Å². The van der Waals surface area contributed by atoms with Crippen molar-refractivity contribution < 1.29 is 57.7 Å². The fraction of sp³-hybridized carbons (Fsp3) is 0.571. The Morgan fingerprint density at radius 2 is 1.24 bits per heavy atom. The lowest BCUT2D eigenvalue weighted by Crippen LogP contribution is -2.35. The Balaban J connectivity index is 4.22. The molecule has 0 aliphatic heterocycles. The van der Waals surface area contributed by atoms with Gasteiger partial charge in [0.05, 0.1) is 0 Å². The molecule has 0 spiro atoms. The molecule has 14 heteroatoms. The molecule has 0 saturated heterocycles. The van der Waals surface area contributed by atoms with Crippen LogP contribution in [0.2, 0.25) is 0 Å². The van der Waals surface area contributed by atoms with E-state index in [9.17, 15) is 19.2 Å². The van der Waals surface area contributed by atoms with E-state index in [4.69, 9.17) is 38.5 Å². The molecule has 0 fully saturated rings. The van der Waals surface area contributed by atoms with E-state index in [-0.39, 0.29) is 45.2 Å². The molecule has 0 radical (unpaired) electrons. The predicted octanol–water partition coefficient (Wildman–Crippen LogP) is 3.24. The molecule has 0 aliphatic carbocycles. The lowest BCUT2D eigenvalue weighted by molar-refractivity contribution is -0.325. The summed E-state index contributed by atoms with van der Waals surface area (Å²) in [4.78, 5) is 66.9. The molecule has 0 saturated carbocycles. The summed E-state index contributed by atoms with van der Waals surface area (Å²) < 4.78 is 20.3. The van der Waals surface area contributed by atoms with Gasteiger partial charge in [-0.15, -0.1) is 6.58 Å². The van der Waals surface area contributed by atoms with Gasteiger partial charge in [-0.1, -0.05) is 44.2 Å². The standard InChI is InChI=1S/C28H44N2O12/c1-7-15-37-39-19-24(20-40-38-16-21(3)4)42-28(34)30-14-12-10-9-11-13-29-27(33)41-23(17-35-25(31)8-2)18-36-26(32)22(5)6/h7-8,23-24H,1-3,5,9-20H2,4,6H3,(H,29,33)(H,30,34). The van der Waals surface area contributed by atoms with Gasteiger partial charge in [0.1, 0.15) is 39.6 Å². The fourth-order valence-corrected chi connectivity index (χ4v) is 2.62. The first-order valence-corrected chi connectivity index (χ1v) is 13.3. The number of alkyl carbamates (subject to hydrolysis) is 2. The summed E-state index contributed by atoms with van der Waals surface area (Å²) >= 11 is 0. The third-order valence-corrected chi connectivity index (χ3v) is 4.68. The monoisotopic (exact) mass is 600 g/mol. The number of carbonyl (C=O) groups excluding carboxylic acids is 4. The maximum atomic E-state index is 12.1. The zero-order chi connectivity index (χ0) is 31.6. The summed E-state index contributed by atoms with van der Waals surface area (Å²) in [6.45, 7) is 17.5. The molecule has 14 nitrogen and oxygen atoms in total. The van der Waals surface area contributed by atoms with Gasteiger partial charge in [-0.05, 0) is 26.7 Å². The van der Waals surface area contributed by atoms with Crippen molar-refractivity contribution in [3.63, 3.8) is 0 Å². The average molecular weight is 601 g/mol. The Kier molecular flexibility index (Phi) is 22.8. The summed E-state index contributed by atoms with van der Waals surface area (Å²) in [6.07, 6.45) is 2.12. The first kappa shape index (κ1) is 38.3. The van der Waals surface area contributed by atoms with Crippen LogP contribution in [0, 0.1) is 0 Å². The van der Waals surface area contributed by atoms with Crippen molar-refractivity contribution >= 4 is 24.1 Å². The molecule has 0 aliphatic rings. The molecular weight excluding hydrogens is 556 g/mol. The van der Waals surface area contributed by atoms with Crippen molar-refractivity contribution in [1.29, 1.82) is 0 Å². The Hall–Kier alpha value is -3.72. The molecule has 2 N–H and O–H groups in total. The van der Waals surface area contributed by atoms with E-state index in [0.717, 1.165) is 24.5 Å². The Morgan fingerprint density at radius 1 is 0.714 bits per heavy atom. The van der Waals surface area contributed by atoms with Gasteiger partial charge in [-0.25, -0.2) is 38.7 Å². The first-order valence-electron chi connectivity index (χ1n) is 13.3. The van der Waals surface area contributed by atoms with Gasteiger partial charge >= 0.3 is 24.1 Å². The number of rotatable bonds is 25. The quantitative estimate of drug-likeness (QED) is 0.0299. The molecule has 0 heterocycles. The average Bonchev–Trinajstić information content (AvgIpc) is 2.95. The predicted molar refractivity (Wildman–Crippen MR) is 151 cm³/mol. The number of amides is 2. The van der Waals surface area contributed by atoms with Gasteiger partial charge in [0.25, 0.3) is 0 Å². The van der Waals surface area contributed by atoms with Crippen molar-refractivity contribution in [1.82, 2.24) is 10.6 Å². The maximum Gasteiger partial charge on any atom is 0.407 e. The van der Waals surface area contributed by atoms with E-state index >= 15 is 0 Å². The molecule has 0 rings (SSSR count). The van der Waals surface area contributed by atoms with Crippen LogP contribution < -0.4 is 10.6 Å². The zero-order valence-electron chi connectivity index (χ0n) is 24.5. The molecule has 2 amide bonds. The van der Waals surface area contributed by atoms with Crippen LogP contribution in [0.3, 0.4) is 0 Å². The topological polar surface area (TPSA) is 166 Å². The molecule has 0 aromatic carbocycles. The van der Waals surface area contributed by atoms with Crippen molar-refractivity contribution in [3.05, 3.63) is 49.6 Å². The summed E-state index contributed by atoms with van der Waals surface area (Å²) in [7, 11) is 0. The smallest absolute Gasteiger partial charge is 0.407 e. The van der Waals surface area contributed by atoms with Crippen LogP contribution in [0.25, 0.3) is 0 Å². The number of unbranched alkanes of at least 4 members (excludes halogenated alkanes) is 3. The van der Waals surface area contributed by atoms with E-state index in [1.54, 1.807) is 6.92 Å². The van der Waals surface area contributed by atoms with E-state index < -0.39 is 36.3 Å². The number of hydrogen-bond donors (Lipinski definition) is 2. The lowest BCUT2D eigenvalue weighted by Gasteiger charge is -2.18. The lowest BCUT2D eigenvalue weighted by atomic mass is 10.2. The first-order chi connectivity index (χ1) is 20.1. The highest BCUT2D eigenvalue weighted by Gasteiger charge is 2.19. The molecule has 2 unspecified atom stereocenters. The highest BCUT2D eigenvalue weighted by molar-refractivity contribution is 5.87. The third-order valence-electron chi connectivity index (χ3n) is 4.68. The summed E-state index contributed by atoms with van der Waals surface area (Å²) in [5.41, 5.74) is 0.939. The summed E-state index contributed by atoms with van der Waals surface area (Å²) in [6, 6.07) is 0. The van der Waals surface area contributed by atoms with Crippen molar-refractivity contribution in [2.45, 2.75) is 51.7 Å². The number of ether oxygens (including phenoxy) is 4.